The van der Waals surface area contributed by atoms with E-state index in [1.54, 1.807) is 0 Å². The maximum atomic E-state index is 2.55. The van der Waals surface area contributed by atoms with Gasteiger partial charge in [0.1, 0.15) is 7.05 Å². The first-order valence-electron chi connectivity index (χ1n) is 7.56. The predicted molar refractivity (Wildman–Crippen MR) is 89.9 cm³/mol. The summed E-state index contributed by atoms with van der Waals surface area (Å²) < 4.78 is 4.51. The summed E-state index contributed by atoms with van der Waals surface area (Å²) in [6.07, 6.45) is 3.97. The number of benzene rings is 1. The fourth-order valence-corrected chi connectivity index (χ4v) is 3.21. The molecule has 0 spiro atoms. The van der Waals surface area contributed by atoms with Gasteiger partial charge >= 0.3 is 0 Å². The molecule has 5 heteroatoms. The standard InChI is InChI=1S/C17H24N3.2ClH/c1-14-9-7-8-12-20(14)17-13-16(18(2)19(17)3)15-10-5-4-6-11-15;;/h4-6,10-11,13-14H,7-9,12H2,1-3H3;2*1H/q+1;;/p-1. The molecule has 122 valence electrons. The summed E-state index contributed by atoms with van der Waals surface area (Å²) >= 11 is 0. The summed E-state index contributed by atoms with van der Waals surface area (Å²) in [6, 6.07) is 13.6. The average molecular weight is 342 g/mol. The molecule has 3 nitrogen and oxygen atoms in total. The third-order valence-corrected chi connectivity index (χ3v) is 4.56. The van der Waals surface area contributed by atoms with Crippen LogP contribution in [0.4, 0.5) is 5.82 Å². The number of hydrogen-bond acceptors (Lipinski definition) is 1. The maximum absolute atomic E-state index is 2.55. The number of aromatic nitrogens is 2. The highest BCUT2D eigenvalue weighted by Crippen LogP contribution is 2.26. The molecule has 1 aromatic heterocycles. The first-order chi connectivity index (χ1) is 9.68. The number of hydrogen-bond donors (Lipinski definition) is 0. The second-order valence-corrected chi connectivity index (χ2v) is 5.84. The number of rotatable bonds is 2. The Bertz CT molecular complexity index is 595. The summed E-state index contributed by atoms with van der Waals surface area (Å²) in [5.41, 5.74) is 2.56. The van der Waals surface area contributed by atoms with Crippen molar-refractivity contribution in [1.29, 1.82) is 0 Å². The van der Waals surface area contributed by atoms with Gasteiger partial charge in [0.2, 0.25) is 0 Å². The van der Waals surface area contributed by atoms with Crippen LogP contribution in [-0.4, -0.2) is 17.3 Å². The van der Waals surface area contributed by atoms with Gasteiger partial charge in [-0.1, -0.05) is 30.3 Å². The Hall–Kier alpha value is -1.19. The molecule has 1 aliphatic heterocycles. The van der Waals surface area contributed by atoms with Gasteiger partial charge in [0, 0.05) is 12.6 Å². The minimum Gasteiger partial charge on any atom is -1.00 e. The van der Waals surface area contributed by atoms with Crippen molar-refractivity contribution in [3.05, 3.63) is 36.4 Å². The van der Waals surface area contributed by atoms with Crippen molar-refractivity contribution >= 4 is 18.2 Å². The van der Waals surface area contributed by atoms with E-state index in [2.05, 4.69) is 71.7 Å². The lowest BCUT2D eigenvalue weighted by Gasteiger charge is -2.27. The molecule has 0 N–H and O–H groups in total. The van der Waals surface area contributed by atoms with Crippen molar-refractivity contribution in [2.45, 2.75) is 32.2 Å². The molecular formula is C17H25Cl2N3. The van der Waals surface area contributed by atoms with Gasteiger partial charge < -0.3 is 12.4 Å². The third kappa shape index (κ3) is 3.41. The molecule has 0 aliphatic carbocycles. The van der Waals surface area contributed by atoms with Gasteiger partial charge in [-0.05, 0) is 26.2 Å². The molecule has 2 aromatic rings. The van der Waals surface area contributed by atoms with E-state index in [4.69, 9.17) is 0 Å². The zero-order chi connectivity index (χ0) is 14.1. The number of halogens is 2. The Morgan fingerprint density at radius 3 is 2.45 bits per heavy atom. The van der Waals surface area contributed by atoms with Crippen LogP contribution in [-0.2, 0) is 14.1 Å². The summed E-state index contributed by atoms with van der Waals surface area (Å²) in [5.74, 6) is 1.33. The Morgan fingerprint density at radius 2 is 1.82 bits per heavy atom. The molecule has 1 saturated heterocycles. The predicted octanol–water partition coefficient (Wildman–Crippen LogP) is 0.321. The van der Waals surface area contributed by atoms with E-state index in [9.17, 15) is 0 Å². The Kier molecular flexibility index (Phi) is 6.76. The topological polar surface area (TPSA) is 12.1 Å². The monoisotopic (exact) mass is 341 g/mol. The van der Waals surface area contributed by atoms with E-state index in [0.717, 1.165) is 0 Å². The van der Waals surface area contributed by atoms with E-state index >= 15 is 0 Å². The van der Waals surface area contributed by atoms with Gasteiger partial charge in [0.15, 0.2) is 0 Å². The van der Waals surface area contributed by atoms with Crippen LogP contribution in [0.25, 0.3) is 11.3 Å². The summed E-state index contributed by atoms with van der Waals surface area (Å²) in [4.78, 5) is 2.55. The van der Waals surface area contributed by atoms with Gasteiger partial charge in [0.05, 0.1) is 24.3 Å². The molecule has 1 fully saturated rings. The number of piperidine rings is 1. The molecule has 22 heavy (non-hydrogen) atoms. The molecule has 3 rings (SSSR count). The van der Waals surface area contributed by atoms with Crippen LogP contribution in [0.2, 0.25) is 0 Å². The highest BCUT2D eigenvalue weighted by atomic mass is 35.5. The van der Waals surface area contributed by atoms with Crippen molar-refractivity contribution in [2.24, 2.45) is 14.1 Å². The first kappa shape index (κ1) is 18.9. The van der Waals surface area contributed by atoms with Gasteiger partial charge in [-0.15, -0.1) is 12.4 Å². The second-order valence-electron chi connectivity index (χ2n) is 5.84. The molecule has 0 saturated carbocycles. The van der Waals surface area contributed by atoms with Crippen LogP contribution in [0, 0.1) is 0 Å². The maximum Gasteiger partial charge on any atom is 0.297 e. The molecule has 0 amide bonds. The molecule has 1 unspecified atom stereocenters. The van der Waals surface area contributed by atoms with Gasteiger partial charge in [-0.25, -0.2) is 4.68 Å². The van der Waals surface area contributed by atoms with Crippen molar-refractivity contribution in [2.75, 3.05) is 11.4 Å². The smallest absolute Gasteiger partial charge is 0.297 e. The van der Waals surface area contributed by atoms with Crippen LogP contribution in [0.5, 0.6) is 0 Å². The lowest BCUT2D eigenvalue weighted by atomic mass is 10.0. The van der Waals surface area contributed by atoms with Crippen molar-refractivity contribution in [3.63, 3.8) is 0 Å². The SMILES string of the molecule is CC1CCCCN1c1cc(-c2ccccc2)n(C)[n+]1C.Cl.[Cl-]. The summed E-state index contributed by atoms with van der Waals surface area (Å²) in [5, 5.41) is 0. The van der Waals surface area contributed by atoms with Crippen LogP contribution in [0.1, 0.15) is 26.2 Å². The zero-order valence-corrected chi connectivity index (χ0v) is 15.1. The fourth-order valence-electron chi connectivity index (χ4n) is 3.21. The van der Waals surface area contributed by atoms with E-state index in [1.807, 2.05) is 0 Å². The van der Waals surface area contributed by atoms with Crippen molar-refractivity contribution in [1.82, 2.24) is 4.68 Å². The van der Waals surface area contributed by atoms with Crippen molar-refractivity contribution in [3.8, 4) is 11.3 Å². The molecule has 2 heterocycles. The van der Waals surface area contributed by atoms with Crippen LogP contribution >= 0.6 is 12.4 Å². The molecule has 0 radical (unpaired) electrons. The first-order valence-corrected chi connectivity index (χ1v) is 7.56. The minimum atomic E-state index is 0. The normalized spacial score (nSPS) is 17.6. The Balaban J connectivity index is 0.00000121. The fraction of sp³-hybridized carbons (Fsp3) is 0.471. The summed E-state index contributed by atoms with van der Waals surface area (Å²) in [7, 11) is 4.30. The Morgan fingerprint density at radius 1 is 1.14 bits per heavy atom. The van der Waals surface area contributed by atoms with E-state index in [-0.39, 0.29) is 24.8 Å². The lowest BCUT2D eigenvalue weighted by Crippen LogP contribution is -3.00. The van der Waals surface area contributed by atoms with Gasteiger partial charge in [0.25, 0.3) is 5.82 Å². The van der Waals surface area contributed by atoms with E-state index in [1.165, 1.54) is 42.9 Å². The summed E-state index contributed by atoms with van der Waals surface area (Å²) in [6.45, 7) is 3.52. The van der Waals surface area contributed by atoms with E-state index < -0.39 is 0 Å². The largest absolute Gasteiger partial charge is 1.00 e. The molecule has 0 bridgehead atoms. The lowest BCUT2D eigenvalue weighted by molar-refractivity contribution is -0.739. The highest BCUT2D eigenvalue weighted by molar-refractivity contribution is 5.85. The van der Waals surface area contributed by atoms with Crippen LogP contribution < -0.4 is 22.0 Å². The third-order valence-electron chi connectivity index (χ3n) is 4.56. The number of nitrogens with zero attached hydrogens (tertiary/aromatic N) is 3. The van der Waals surface area contributed by atoms with Gasteiger partial charge in [-0.3, -0.25) is 4.90 Å². The quantitative estimate of drug-likeness (QED) is 0.716. The van der Waals surface area contributed by atoms with Crippen molar-refractivity contribution < 1.29 is 17.1 Å². The molecule has 1 atom stereocenters. The number of anilines is 1. The molecule has 1 aliphatic rings. The zero-order valence-electron chi connectivity index (χ0n) is 13.5. The molecule has 1 aromatic carbocycles. The Labute approximate surface area is 145 Å². The van der Waals surface area contributed by atoms with Crippen LogP contribution in [0.3, 0.4) is 0 Å². The highest BCUT2D eigenvalue weighted by Gasteiger charge is 2.30. The second kappa shape index (κ2) is 7.89. The van der Waals surface area contributed by atoms with E-state index in [0.29, 0.717) is 6.04 Å². The minimum absolute atomic E-state index is 0. The van der Waals surface area contributed by atoms with Crippen LogP contribution in [0.15, 0.2) is 36.4 Å². The average Bonchev–Trinajstić information content (AvgIpc) is 2.77. The molecular weight excluding hydrogens is 317 g/mol. The van der Waals surface area contributed by atoms with Gasteiger partial charge in [-0.2, -0.15) is 4.68 Å².